The van der Waals surface area contributed by atoms with Crippen LogP contribution >= 0.6 is 11.8 Å². The monoisotopic (exact) mass is 534 g/mol. The van der Waals surface area contributed by atoms with E-state index in [0.717, 1.165) is 39.2 Å². The summed E-state index contributed by atoms with van der Waals surface area (Å²) in [5.41, 5.74) is 7.03. The maximum atomic E-state index is 13.7. The van der Waals surface area contributed by atoms with Gasteiger partial charge in [0, 0.05) is 24.6 Å². The van der Waals surface area contributed by atoms with Gasteiger partial charge in [-0.2, -0.15) is 5.10 Å². The average Bonchev–Trinajstić information content (AvgIpc) is 3.19. The average molecular weight is 535 g/mol. The summed E-state index contributed by atoms with van der Waals surface area (Å²) in [4.78, 5) is 28.4. The number of hydrogen-bond donors (Lipinski definition) is 1. The van der Waals surface area contributed by atoms with Crippen molar-refractivity contribution in [1.82, 2.24) is 15.1 Å². The largest absolute Gasteiger partial charge is 0.383 e. The number of aromatic nitrogens is 2. The van der Waals surface area contributed by atoms with Crippen molar-refractivity contribution in [3.63, 3.8) is 0 Å². The zero-order valence-electron chi connectivity index (χ0n) is 23.4. The van der Waals surface area contributed by atoms with E-state index < -0.39 is 0 Å². The fourth-order valence-electron chi connectivity index (χ4n) is 4.79. The molecule has 7 nitrogen and oxygen atoms in total. The number of thioether (sulfide) groups is 1. The molecule has 0 saturated heterocycles. The Morgan fingerprint density at radius 2 is 1.89 bits per heavy atom. The quantitative estimate of drug-likeness (QED) is 0.431. The van der Waals surface area contributed by atoms with Crippen LogP contribution in [0.3, 0.4) is 0 Å². The maximum Gasteiger partial charge on any atom is 0.240 e. The number of benzene rings is 2. The topological polar surface area (TPSA) is 76.5 Å². The van der Waals surface area contributed by atoms with Crippen LogP contribution in [-0.4, -0.2) is 54.2 Å². The summed E-state index contributed by atoms with van der Waals surface area (Å²) < 4.78 is 6.98. The van der Waals surface area contributed by atoms with Gasteiger partial charge in [-0.1, -0.05) is 62.7 Å². The van der Waals surface area contributed by atoms with Crippen LogP contribution < -0.4 is 10.2 Å². The molecule has 0 saturated carbocycles. The number of rotatable bonds is 7. The third kappa shape index (κ3) is 5.66. The number of fused-ring (bicyclic) bond motifs is 1. The van der Waals surface area contributed by atoms with Crippen LogP contribution in [-0.2, 0) is 19.7 Å². The Hall–Kier alpha value is -3.10. The van der Waals surface area contributed by atoms with Crippen molar-refractivity contribution in [2.75, 3.05) is 37.5 Å². The molecular formula is C30H38N4O3S. The van der Waals surface area contributed by atoms with Crippen LogP contribution in [0, 0.1) is 20.8 Å². The number of carbonyl (C=O) groups is 2. The second-order valence-electron chi connectivity index (χ2n) is 10.9. The van der Waals surface area contributed by atoms with E-state index in [1.807, 2.05) is 16.8 Å². The number of methoxy groups -OCH3 is 1. The van der Waals surface area contributed by atoms with Crippen molar-refractivity contribution in [3.05, 3.63) is 76.0 Å². The van der Waals surface area contributed by atoms with Crippen molar-refractivity contribution >= 4 is 29.4 Å². The summed E-state index contributed by atoms with van der Waals surface area (Å²) in [5.74, 6) is 0.591. The molecule has 0 radical (unpaired) electrons. The minimum Gasteiger partial charge on any atom is -0.383 e. The van der Waals surface area contributed by atoms with Gasteiger partial charge in [0.15, 0.2) is 0 Å². The van der Waals surface area contributed by atoms with Crippen molar-refractivity contribution in [3.8, 4) is 5.69 Å². The number of carbonyl (C=O) groups excluding carboxylic acids is 2. The Labute approximate surface area is 229 Å². The van der Waals surface area contributed by atoms with Crippen LogP contribution in [0.2, 0.25) is 0 Å². The lowest BCUT2D eigenvalue weighted by molar-refractivity contribution is -0.123. The zero-order valence-corrected chi connectivity index (χ0v) is 24.2. The number of anilines is 1. The number of nitrogens with one attached hydrogen (secondary N) is 1. The van der Waals surface area contributed by atoms with E-state index in [2.05, 4.69) is 77.2 Å². The van der Waals surface area contributed by atoms with Gasteiger partial charge in [0.2, 0.25) is 11.8 Å². The molecule has 0 spiro atoms. The molecular weight excluding hydrogens is 496 g/mol. The van der Waals surface area contributed by atoms with Gasteiger partial charge in [0.1, 0.15) is 12.4 Å². The first-order valence-electron chi connectivity index (χ1n) is 13.0. The molecule has 0 aliphatic carbocycles. The predicted octanol–water partition coefficient (Wildman–Crippen LogP) is 5.03. The summed E-state index contributed by atoms with van der Waals surface area (Å²) in [6, 6.07) is 14.6. The summed E-state index contributed by atoms with van der Waals surface area (Å²) in [7, 11) is 1.59. The van der Waals surface area contributed by atoms with Crippen molar-refractivity contribution in [2.45, 2.75) is 52.2 Å². The molecule has 4 rings (SSSR count). The van der Waals surface area contributed by atoms with Gasteiger partial charge in [-0.05, 0) is 43.5 Å². The van der Waals surface area contributed by atoms with Gasteiger partial charge in [0.05, 0.1) is 29.0 Å². The first-order chi connectivity index (χ1) is 18.0. The highest BCUT2D eigenvalue weighted by molar-refractivity contribution is 8.00. The molecule has 1 aliphatic heterocycles. The van der Waals surface area contributed by atoms with Crippen LogP contribution in [0.25, 0.3) is 5.69 Å². The Morgan fingerprint density at radius 1 is 1.16 bits per heavy atom. The molecule has 1 atom stereocenters. The van der Waals surface area contributed by atoms with Gasteiger partial charge in [-0.3, -0.25) is 14.5 Å². The lowest BCUT2D eigenvalue weighted by Crippen LogP contribution is -2.43. The van der Waals surface area contributed by atoms with E-state index in [0.29, 0.717) is 19.0 Å². The van der Waals surface area contributed by atoms with Crippen LogP contribution in [0.1, 0.15) is 59.5 Å². The van der Waals surface area contributed by atoms with Gasteiger partial charge in [0.25, 0.3) is 0 Å². The number of hydrogen-bond acceptors (Lipinski definition) is 5. The number of amides is 2. The Bertz CT molecular complexity index is 1340. The smallest absolute Gasteiger partial charge is 0.240 e. The van der Waals surface area contributed by atoms with Gasteiger partial charge >= 0.3 is 0 Å². The molecule has 1 aliphatic rings. The Balaban J connectivity index is 1.99. The summed E-state index contributed by atoms with van der Waals surface area (Å²) in [6.07, 6.45) is 0. The third-order valence-electron chi connectivity index (χ3n) is 6.88. The minimum absolute atomic E-state index is 0.0865. The molecule has 202 valence electrons. The Kier molecular flexibility index (Phi) is 8.33. The fourth-order valence-corrected chi connectivity index (χ4v) is 5.98. The minimum atomic E-state index is -0.296. The van der Waals surface area contributed by atoms with Gasteiger partial charge in [-0.15, -0.1) is 11.8 Å². The molecule has 0 fully saturated rings. The maximum absolute atomic E-state index is 13.7. The standard InChI is InChI=1S/C30H38N4O3S/c1-19-10-8-12-22(16-19)27-26-28(30(4,5)6)32-34(23-13-9-11-20(2)21(23)3)29(26)33(25(36)18-38-27)17-24(35)31-14-15-37-7/h8-13,16,27H,14-15,17-18H2,1-7H3,(H,31,35). The molecule has 3 aromatic rings. The molecule has 2 heterocycles. The zero-order chi connectivity index (χ0) is 27.6. The van der Waals surface area contributed by atoms with E-state index in [9.17, 15) is 9.59 Å². The summed E-state index contributed by atoms with van der Waals surface area (Å²) >= 11 is 1.60. The summed E-state index contributed by atoms with van der Waals surface area (Å²) in [5, 5.41) is 7.97. The summed E-state index contributed by atoms with van der Waals surface area (Å²) in [6.45, 7) is 13.4. The first kappa shape index (κ1) is 27.9. The van der Waals surface area contributed by atoms with E-state index in [1.165, 1.54) is 0 Å². The second-order valence-corrected chi connectivity index (χ2v) is 12.0. The molecule has 2 amide bonds. The highest BCUT2D eigenvalue weighted by Crippen LogP contribution is 2.48. The van der Waals surface area contributed by atoms with Crippen LogP contribution in [0.5, 0.6) is 0 Å². The van der Waals surface area contributed by atoms with Crippen molar-refractivity contribution in [1.29, 1.82) is 0 Å². The lowest BCUT2D eigenvalue weighted by Gasteiger charge is -2.25. The molecule has 1 aromatic heterocycles. The van der Waals surface area contributed by atoms with Crippen LogP contribution in [0.4, 0.5) is 5.82 Å². The van der Waals surface area contributed by atoms with Crippen molar-refractivity contribution < 1.29 is 14.3 Å². The third-order valence-corrected chi connectivity index (χ3v) is 8.13. The number of ether oxygens (including phenoxy) is 1. The number of aryl methyl sites for hydroxylation is 2. The van der Waals surface area contributed by atoms with Crippen LogP contribution in [0.15, 0.2) is 42.5 Å². The fraction of sp³-hybridized carbons (Fsp3) is 0.433. The van der Waals surface area contributed by atoms with E-state index in [1.54, 1.807) is 23.8 Å². The molecule has 1 unspecified atom stereocenters. The molecule has 38 heavy (non-hydrogen) atoms. The lowest BCUT2D eigenvalue weighted by atomic mass is 9.87. The van der Waals surface area contributed by atoms with E-state index in [4.69, 9.17) is 9.84 Å². The highest BCUT2D eigenvalue weighted by Gasteiger charge is 2.40. The predicted molar refractivity (Wildman–Crippen MR) is 154 cm³/mol. The van der Waals surface area contributed by atoms with Gasteiger partial charge in [-0.25, -0.2) is 4.68 Å². The second kappa shape index (κ2) is 11.3. The molecule has 0 bridgehead atoms. The number of nitrogens with zero attached hydrogens (tertiary/aromatic N) is 3. The molecule has 8 heteroatoms. The van der Waals surface area contributed by atoms with Crippen molar-refractivity contribution in [2.24, 2.45) is 0 Å². The first-order valence-corrected chi connectivity index (χ1v) is 14.0. The normalized spacial score (nSPS) is 15.8. The molecule has 2 aromatic carbocycles. The van der Waals surface area contributed by atoms with E-state index >= 15 is 0 Å². The molecule has 1 N–H and O–H groups in total. The highest BCUT2D eigenvalue weighted by atomic mass is 32.2. The Morgan fingerprint density at radius 3 is 2.58 bits per heavy atom. The SMILES string of the molecule is COCCNC(=O)CN1C(=O)CSC(c2cccc(C)c2)c2c(C(C)(C)C)nn(-c3cccc(C)c3C)c21. The van der Waals surface area contributed by atoms with Gasteiger partial charge < -0.3 is 10.1 Å². The van der Waals surface area contributed by atoms with E-state index in [-0.39, 0.29) is 34.8 Å².